The smallest absolute Gasteiger partial charge is 0.273 e. The van der Waals surface area contributed by atoms with Crippen molar-refractivity contribution in [3.8, 4) is 17.0 Å². The quantitative estimate of drug-likeness (QED) is 0.599. The molecule has 1 atom stereocenters. The largest absolute Gasteiger partial charge is 0.507 e. The van der Waals surface area contributed by atoms with Crippen LogP contribution in [0.3, 0.4) is 0 Å². The molecule has 3 aromatic rings. The van der Waals surface area contributed by atoms with E-state index in [0.717, 1.165) is 11.1 Å². The highest BCUT2D eigenvalue weighted by Crippen LogP contribution is 2.45. The Balaban J connectivity index is 1.92. The molecule has 0 saturated heterocycles. The Labute approximate surface area is 171 Å². The number of amides is 1. The molecule has 0 aliphatic carbocycles. The normalized spacial score (nSPS) is 15.9. The van der Waals surface area contributed by atoms with Crippen molar-refractivity contribution in [2.45, 2.75) is 13.0 Å². The first kappa shape index (κ1) is 18.8. The highest BCUT2D eigenvalue weighted by atomic mass is 35.5. The van der Waals surface area contributed by atoms with Crippen LogP contribution in [0, 0.1) is 6.92 Å². The number of phenols is 1. The number of halogens is 2. The van der Waals surface area contributed by atoms with Crippen molar-refractivity contribution in [1.82, 2.24) is 15.1 Å². The van der Waals surface area contributed by atoms with Gasteiger partial charge < -0.3 is 15.1 Å². The third-order valence-electron chi connectivity index (χ3n) is 4.92. The zero-order chi connectivity index (χ0) is 20.0. The Morgan fingerprint density at radius 2 is 1.93 bits per heavy atom. The first-order valence-corrected chi connectivity index (χ1v) is 9.43. The zero-order valence-corrected chi connectivity index (χ0v) is 16.4. The molecule has 3 N–H and O–H groups in total. The Hall–Kier alpha value is -2.54. The fourth-order valence-corrected chi connectivity index (χ4v) is 3.88. The first-order chi connectivity index (χ1) is 13.4. The maximum Gasteiger partial charge on any atom is 0.273 e. The van der Waals surface area contributed by atoms with Crippen LogP contribution in [0.15, 0.2) is 36.4 Å². The van der Waals surface area contributed by atoms with Crippen LogP contribution < -0.4 is 0 Å². The lowest BCUT2D eigenvalue weighted by Crippen LogP contribution is -2.32. The number of aliphatic hydroxyl groups excluding tert-OH is 1. The SMILES string of the molecule is Cc1cc(O)c(-c2n[nH]c3c2C(c2ccc(Cl)cc2)N(CCO)C3=O)cc1Cl. The van der Waals surface area contributed by atoms with E-state index in [-0.39, 0.29) is 24.8 Å². The molecule has 1 aliphatic rings. The molecule has 0 bridgehead atoms. The number of nitrogens with zero attached hydrogens (tertiary/aromatic N) is 2. The summed E-state index contributed by atoms with van der Waals surface area (Å²) in [6.45, 7) is 1.78. The molecule has 1 aromatic heterocycles. The van der Waals surface area contributed by atoms with Crippen LogP contribution in [-0.4, -0.2) is 44.4 Å². The van der Waals surface area contributed by atoms with Gasteiger partial charge in [0.05, 0.1) is 12.6 Å². The number of fused-ring (bicyclic) bond motifs is 1. The fraction of sp³-hybridized carbons (Fsp3) is 0.200. The van der Waals surface area contributed by atoms with E-state index < -0.39 is 6.04 Å². The number of β-amino-alcohol motifs (C(OH)–C–C–N with tert-alkyl or cyclic N) is 1. The molecule has 2 heterocycles. The number of phenolic OH excluding ortho intramolecular Hbond substituents is 1. The van der Waals surface area contributed by atoms with Gasteiger partial charge in [-0.3, -0.25) is 9.89 Å². The van der Waals surface area contributed by atoms with Gasteiger partial charge >= 0.3 is 0 Å². The average molecular weight is 418 g/mol. The van der Waals surface area contributed by atoms with Crippen LogP contribution in [0.25, 0.3) is 11.3 Å². The molecule has 1 amide bonds. The minimum Gasteiger partial charge on any atom is -0.507 e. The van der Waals surface area contributed by atoms with Gasteiger partial charge in [0.2, 0.25) is 0 Å². The average Bonchev–Trinajstić information content (AvgIpc) is 3.20. The first-order valence-electron chi connectivity index (χ1n) is 8.67. The highest BCUT2D eigenvalue weighted by Gasteiger charge is 2.42. The summed E-state index contributed by atoms with van der Waals surface area (Å²) in [5.74, 6) is -0.237. The fourth-order valence-electron chi connectivity index (χ4n) is 3.59. The molecule has 4 rings (SSSR count). The third kappa shape index (κ3) is 2.94. The van der Waals surface area contributed by atoms with Crippen LogP contribution in [0.1, 0.15) is 33.2 Å². The molecule has 8 heteroatoms. The number of aryl methyl sites for hydroxylation is 1. The maximum absolute atomic E-state index is 12.9. The summed E-state index contributed by atoms with van der Waals surface area (Å²) in [4.78, 5) is 14.5. The van der Waals surface area contributed by atoms with E-state index in [1.54, 1.807) is 36.1 Å². The number of aromatic amines is 1. The monoisotopic (exact) mass is 417 g/mol. The van der Waals surface area contributed by atoms with E-state index in [0.29, 0.717) is 32.6 Å². The lowest BCUT2D eigenvalue weighted by molar-refractivity contribution is 0.0706. The summed E-state index contributed by atoms with van der Waals surface area (Å²) in [7, 11) is 0. The second-order valence-electron chi connectivity index (χ2n) is 6.66. The van der Waals surface area contributed by atoms with Gasteiger partial charge in [-0.05, 0) is 42.3 Å². The summed E-state index contributed by atoms with van der Waals surface area (Å²) >= 11 is 12.3. The van der Waals surface area contributed by atoms with E-state index in [4.69, 9.17) is 23.2 Å². The van der Waals surface area contributed by atoms with E-state index >= 15 is 0 Å². The standard InChI is InChI=1S/C20H17Cl2N3O3/c1-10-8-15(27)13(9-14(10)22)17-16-18(24-23-17)20(28)25(6-7-26)19(16)11-2-4-12(21)5-3-11/h2-5,8-9,19,26-27H,6-7H2,1H3,(H,23,24). The maximum atomic E-state index is 12.9. The number of aromatic nitrogens is 2. The lowest BCUT2D eigenvalue weighted by Gasteiger charge is -2.25. The van der Waals surface area contributed by atoms with E-state index in [2.05, 4.69) is 10.2 Å². The minimum atomic E-state index is -0.472. The second-order valence-corrected chi connectivity index (χ2v) is 7.50. The number of benzene rings is 2. The van der Waals surface area contributed by atoms with Gasteiger partial charge in [-0.15, -0.1) is 0 Å². The predicted molar refractivity (Wildman–Crippen MR) is 107 cm³/mol. The number of rotatable bonds is 4. The number of aliphatic hydroxyl groups is 1. The predicted octanol–water partition coefficient (Wildman–Crippen LogP) is 3.94. The summed E-state index contributed by atoms with van der Waals surface area (Å²) < 4.78 is 0. The van der Waals surface area contributed by atoms with Crippen LogP contribution >= 0.6 is 23.2 Å². The van der Waals surface area contributed by atoms with Gasteiger partial charge in [0.15, 0.2) is 0 Å². The van der Waals surface area contributed by atoms with Crippen LogP contribution in [0.2, 0.25) is 10.0 Å². The van der Waals surface area contributed by atoms with Gasteiger partial charge in [-0.1, -0.05) is 35.3 Å². The number of hydrogen-bond donors (Lipinski definition) is 3. The Morgan fingerprint density at radius 1 is 1.21 bits per heavy atom. The van der Waals surface area contributed by atoms with Crippen molar-refractivity contribution >= 4 is 29.1 Å². The molecule has 1 aliphatic heterocycles. The summed E-state index contributed by atoms with van der Waals surface area (Å²) in [6, 6.07) is 9.89. The lowest BCUT2D eigenvalue weighted by atomic mass is 9.95. The molecule has 0 saturated carbocycles. The minimum absolute atomic E-state index is 0.0270. The van der Waals surface area contributed by atoms with Crippen LogP contribution in [-0.2, 0) is 0 Å². The number of nitrogens with one attached hydrogen (secondary N) is 1. The van der Waals surface area contributed by atoms with Crippen molar-refractivity contribution in [1.29, 1.82) is 0 Å². The van der Waals surface area contributed by atoms with Gasteiger partial charge in [0.25, 0.3) is 5.91 Å². The molecule has 0 radical (unpaired) electrons. The summed E-state index contributed by atoms with van der Waals surface area (Å²) in [6.07, 6.45) is 0. The van der Waals surface area contributed by atoms with E-state index in [1.165, 1.54) is 0 Å². The molecule has 2 aromatic carbocycles. The molecular formula is C20H17Cl2N3O3. The number of carbonyl (C=O) groups excluding carboxylic acids is 1. The number of H-pyrrole nitrogens is 1. The molecule has 0 spiro atoms. The van der Waals surface area contributed by atoms with Gasteiger partial charge in [0.1, 0.15) is 17.1 Å². The molecular weight excluding hydrogens is 401 g/mol. The van der Waals surface area contributed by atoms with Crippen molar-refractivity contribution in [3.05, 3.63) is 68.8 Å². The Kier molecular flexibility index (Phi) is 4.79. The summed E-state index contributed by atoms with van der Waals surface area (Å²) in [5.41, 5.74) is 3.41. The molecule has 1 unspecified atom stereocenters. The van der Waals surface area contributed by atoms with Crippen molar-refractivity contribution < 1.29 is 15.0 Å². The van der Waals surface area contributed by atoms with Crippen LogP contribution in [0.4, 0.5) is 0 Å². The third-order valence-corrected chi connectivity index (χ3v) is 5.58. The number of aromatic hydroxyl groups is 1. The van der Waals surface area contributed by atoms with Crippen molar-refractivity contribution in [2.24, 2.45) is 0 Å². The van der Waals surface area contributed by atoms with Crippen molar-refractivity contribution in [3.63, 3.8) is 0 Å². The van der Waals surface area contributed by atoms with E-state index in [1.807, 2.05) is 12.1 Å². The number of hydrogen-bond acceptors (Lipinski definition) is 4. The van der Waals surface area contributed by atoms with Gasteiger partial charge in [-0.2, -0.15) is 5.10 Å². The van der Waals surface area contributed by atoms with E-state index in [9.17, 15) is 15.0 Å². The second kappa shape index (κ2) is 7.13. The topological polar surface area (TPSA) is 89.5 Å². The van der Waals surface area contributed by atoms with Crippen LogP contribution in [0.5, 0.6) is 5.75 Å². The molecule has 28 heavy (non-hydrogen) atoms. The Morgan fingerprint density at radius 3 is 2.61 bits per heavy atom. The zero-order valence-electron chi connectivity index (χ0n) is 14.9. The van der Waals surface area contributed by atoms with Gasteiger partial charge in [-0.25, -0.2) is 0 Å². The number of carbonyl (C=O) groups is 1. The summed E-state index contributed by atoms with van der Waals surface area (Å²) in [5, 5.41) is 28.1. The highest BCUT2D eigenvalue weighted by molar-refractivity contribution is 6.31. The van der Waals surface area contributed by atoms with Crippen molar-refractivity contribution in [2.75, 3.05) is 13.2 Å². The molecule has 0 fully saturated rings. The Bertz CT molecular complexity index is 1060. The molecule has 144 valence electrons. The molecule has 6 nitrogen and oxygen atoms in total. The van der Waals surface area contributed by atoms with Gasteiger partial charge in [0, 0.05) is 27.7 Å².